The molecule has 0 spiro atoms. The van der Waals surface area contributed by atoms with E-state index in [-0.39, 0.29) is 0 Å². The van der Waals surface area contributed by atoms with Gasteiger partial charge in [-0.05, 0) is 42.0 Å². The van der Waals surface area contributed by atoms with Crippen molar-refractivity contribution in [3.63, 3.8) is 0 Å². The van der Waals surface area contributed by atoms with Gasteiger partial charge in [0.15, 0.2) is 0 Å². The number of rotatable bonds is 1. The van der Waals surface area contributed by atoms with Crippen LogP contribution in [-0.2, 0) is 13.1 Å². The Labute approximate surface area is 109 Å². The second kappa shape index (κ2) is 3.96. The predicted molar refractivity (Wildman–Crippen MR) is 71.2 cm³/mol. The lowest BCUT2D eigenvalue weighted by atomic mass is 10.2. The van der Waals surface area contributed by atoms with E-state index in [0.29, 0.717) is 0 Å². The molecule has 1 aliphatic heterocycles. The van der Waals surface area contributed by atoms with Crippen molar-refractivity contribution < 1.29 is 0 Å². The van der Waals surface area contributed by atoms with Gasteiger partial charge in [0.05, 0.1) is 17.1 Å². The van der Waals surface area contributed by atoms with Crippen LogP contribution in [0, 0.1) is 6.92 Å². The molecule has 0 fully saturated rings. The fraction of sp³-hybridized carbons (Fsp3) is 0.308. The number of aromatic nitrogens is 2. The van der Waals surface area contributed by atoms with Gasteiger partial charge in [0.1, 0.15) is 0 Å². The minimum Gasteiger partial charge on any atom is -0.296 e. The minimum absolute atomic E-state index is 0.970. The Hall–Kier alpha value is -1.13. The van der Waals surface area contributed by atoms with Crippen LogP contribution < -0.4 is 0 Å². The molecule has 0 amide bonds. The Bertz CT molecular complexity index is 574. The summed E-state index contributed by atoms with van der Waals surface area (Å²) in [6.07, 6.45) is 0. The van der Waals surface area contributed by atoms with Crippen molar-refractivity contribution in [1.29, 1.82) is 0 Å². The Kier molecular flexibility index (Phi) is 2.56. The molecule has 0 N–H and O–H groups in total. The molecule has 17 heavy (non-hydrogen) atoms. The van der Waals surface area contributed by atoms with Gasteiger partial charge in [-0.1, -0.05) is 12.1 Å². The molecule has 0 radical (unpaired) electrons. The van der Waals surface area contributed by atoms with Crippen molar-refractivity contribution in [3.8, 4) is 5.69 Å². The third-order valence-electron chi connectivity index (χ3n) is 3.22. The molecule has 0 unspecified atom stereocenters. The van der Waals surface area contributed by atoms with Gasteiger partial charge in [-0.15, -0.1) is 0 Å². The van der Waals surface area contributed by atoms with E-state index in [4.69, 9.17) is 0 Å². The Balaban J connectivity index is 2.18. The van der Waals surface area contributed by atoms with Crippen molar-refractivity contribution in [2.45, 2.75) is 20.0 Å². The van der Waals surface area contributed by atoms with E-state index in [1.54, 1.807) is 0 Å². The first kappa shape index (κ1) is 11.0. The van der Waals surface area contributed by atoms with E-state index in [0.717, 1.165) is 28.9 Å². The molecular formula is C13H14BrN3. The molecule has 1 aromatic carbocycles. The van der Waals surface area contributed by atoms with Gasteiger partial charge in [-0.25, -0.2) is 4.68 Å². The van der Waals surface area contributed by atoms with Crippen LogP contribution in [0.25, 0.3) is 5.69 Å². The zero-order valence-electron chi connectivity index (χ0n) is 9.94. The smallest absolute Gasteiger partial charge is 0.0791 e. The van der Waals surface area contributed by atoms with Crippen LogP contribution in [-0.4, -0.2) is 21.7 Å². The van der Waals surface area contributed by atoms with Gasteiger partial charge in [-0.3, -0.25) is 4.90 Å². The number of para-hydroxylation sites is 1. The molecule has 0 saturated carbocycles. The Morgan fingerprint density at radius 3 is 2.76 bits per heavy atom. The lowest BCUT2D eigenvalue weighted by Crippen LogP contribution is -2.12. The van der Waals surface area contributed by atoms with Crippen LogP contribution in [0.1, 0.15) is 17.0 Å². The van der Waals surface area contributed by atoms with Crippen molar-refractivity contribution >= 4 is 15.9 Å². The van der Waals surface area contributed by atoms with E-state index in [1.165, 1.54) is 11.3 Å². The van der Waals surface area contributed by atoms with E-state index in [9.17, 15) is 0 Å². The van der Waals surface area contributed by atoms with Gasteiger partial charge in [0.25, 0.3) is 0 Å². The number of aryl methyl sites for hydroxylation is 1. The monoisotopic (exact) mass is 291 g/mol. The summed E-state index contributed by atoms with van der Waals surface area (Å²) in [5.41, 5.74) is 4.95. The molecule has 0 aliphatic carbocycles. The number of hydrogen-bond acceptors (Lipinski definition) is 2. The number of fused-ring (bicyclic) bond motifs is 1. The Morgan fingerprint density at radius 1 is 1.24 bits per heavy atom. The quantitative estimate of drug-likeness (QED) is 0.806. The highest BCUT2D eigenvalue weighted by Crippen LogP contribution is 2.29. The lowest BCUT2D eigenvalue weighted by Gasteiger charge is -2.10. The summed E-state index contributed by atoms with van der Waals surface area (Å²) in [6.45, 7) is 4.06. The first-order chi connectivity index (χ1) is 8.16. The summed E-state index contributed by atoms with van der Waals surface area (Å²) in [5, 5.41) is 4.66. The predicted octanol–water partition coefficient (Wildman–Crippen LogP) is 2.89. The van der Waals surface area contributed by atoms with Crippen LogP contribution in [0.15, 0.2) is 28.7 Å². The molecule has 2 heterocycles. The van der Waals surface area contributed by atoms with Crippen LogP contribution in [0.4, 0.5) is 0 Å². The maximum Gasteiger partial charge on any atom is 0.0791 e. The van der Waals surface area contributed by atoms with Crippen LogP contribution in [0.3, 0.4) is 0 Å². The third-order valence-corrected chi connectivity index (χ3v) is 3.89. The average Bonchev–Trinajstić information content (AvgIpc) is 2.80. The van der Waals surface area contributed by atoms with Crippen molar-refractivity contribution in [2.75, 3.05) is 7.05 Å². The maximum atomic E-state index is 4.66. The molecule has 2 aromatic rings. The number of hydrogen-bond donors (Lipinski definition) is 0. The fourth-order valence-electron chi connectivity index (χ4n) is 2.38. The van der Waals surface area contributed by atoms with Crippen molar-refractivity contribution in [3.05, 3.63) is 45.7 Å². The Morgan fingerprint density at radius 2 is 2.00 bits per heavy atom. The van der Waals surface area contributed by atoms with E-state index in [1.807, 2.05) is 12.1 Å². The lowest BCUT2D eigenvalue weighted by molar-refractivity contribution is 0.345. The summed E-state index contributed by atoms with van der Waals surface area (Å²) >= 11 is 3.59. The van der Waals surface area contributed by atoms with E-state index < -0.39 is 0 Å². The zero-order chi connectivity index (χ0) is 12.0. The van der Waals surface area contributed by atoms with Gasteiger partial charge in [0, 0.05) is 23.1 Å². The van der Waals surface area contributed by atoms with Gasteiger partial charge in [-0.2, -0.15) is 5.10 Å². The summed E-state index contributed by atoms with van der Waals surface area (Å²) in [6, 6.07) is 8.21. The second-order valence-corrected chi connectivity index (χ2v) is 5.40. The normalized spacial score (nSPS) is 15.2. The topological polar surface area (TPSA) is 21.1 Å². The average molecular weight is 292 g/mol. The van der Waals surface area contributed by atoms with Gasteiger partial charge in [0.2, 0.25) is 0 Å². The van der Waals surface area contributed by atoms with Crippen LogP contribution in [0.5, 0.6) is 0 Å². The summed E-state index contributed by atoms with van der Waals surface area (Å²) < 4.78 is 3.15. The first-order valence-electron chi connectivity index (χ1n) is 5.67. The van der Waals surface area contributed by atoms with Crippen LogP contribution in [0.2, 0.25) is 0 Å². The van der Waals surface area contributed by atoms with Gasteiger partial charge >= 0.3 is 0 Å². The molecule has 1 aliphatic rings. The fourth-order valence-corrected chi connectivity index (χ4v) is 2.83. The molecule has 0 saturated heterocycles. The molecule has 3 rings (SSSR count). The molecule has 0 bridgehead atoms. The molecule has 1 aromatic heterocycles. The highest BCUT2D eigenvalue weighted by atomic mass is 79.9. The van der Waals surface area contributed by atoms with Crippen molar-refractivity contribution in [1.82, 2.24) is 14.7 Å². The number of nitrogens with zero attached hydrogens (tertiary/aromatic N) is 3. The second-order valence-electron chi connectivity index (χ2n) is 4.55. The molecular weight excluding hydrogens is 278 g/mol. The van der Waals surface area contributed by atoms with Crippen molar-refractivity contribution in [2.24, 2.45) is 0 Å². The molecule has 4 heteroatoms. The number of benzene rings is 1. The molecule has 0 atom stereocenters. The van der Waals surface area contributed by atoms with Crippen LogP contribution >= 0.6 is 15.9 Å². The number of halogens is 1. The molecule has 88 valence electrons. The largest absolute Gasteiger partial charge is 0.296 e. The van der Waals surface area contributed by atoms with Gasteiger partial charge < -0.3 is 0 Å². The summed E-state index contributed by atoms with van der Waals surface area (Å²) in [5.74, 6) is 0. The maximum absolute atomic E-state index is 4.66. The minimum atomic E-state index is 0.970. The third kappa shape index (κ3) is 1.72. The highest BCUT2D eigenvalue weighted by Gasteiger charge is 2.24. The standard InChI is InChI=1S/C13H14BrN3/c1-9-10-7-16(2)8-13(10)17(15-9)12-6-4-3-5-11(12)14/h3-6H,7-8H2,1-2H3. The first-order valence-corrected chi connectivity index (χ1v) is 6.47. The molecule has 3 nitrogen and oxygen atoms in total. The zero-order valence-corrected chi connectivity index (χ0v) is 11.5. The SMILES string of the molecule is Cc1nn(-c2ccccc2Br)c2c1CN(C)C2. The highest BCUT2D eigenvalue weighted by molar-refractivity contribution is 9.10. The van der Waals surface area contributed by atoms with E-state index >= 15 is 0 Å². The summed E-state index contributed by atoms with van der Waals surface area (Å²) in [7, 11) is 2.14. The van der Waals surface area contributed by atoms with E-state index in [2.05, 4.69) is 56.7 Å². The summed E-state index contributed by atoms with van der Waals surface area (Å²) in [4.78, 5) is 2.31.